The Balaban J connectivity index is 1.28. The molecule has 7 rings (SSSR count). The van der Waals surface area contributed by atoms with E-state index in [1.165, 1.54) is 5.19 Å². The van der Waals surface area contributed by atoms with Crippen LogP contribution in [-0.4, -0.2) is 68.2 Å². The van der Waals surface area contributed by atoms with E-state index in [-0.39, 0.29) is 48.3 Å². The summed E-state index contributed by atoms with van der Waals surface area (Å²) in [4.78, 5) is 45.1. The fourth-order valence-corrected chi connectivity index (χ4v) is 12.9. The standard InChI is InChI=1S/C38H45N3O6Si/c1-24-36(48(3,4)30-15-13-29(46-2)14-16-30)33(21-35(44)41-22-26-10-6-5-9-25(26)19-28(41)23-42)47-38(24)31-20-27(12-17-32(31)39-37(38)45)40-18-8-7-11-34(40)43/h5-6,9-10,12-17,20,24,28,33,36,42H,7-8,11,18-19,21-23H2,1-4H3,(H,39,45)/t24-,28+,33+,36-,38+/m1/s1. The van der Waals surface area contributed by atoms with Crippen LogP contribution in [0.5, 0.6) is 5.75 Å². The molecule has 2 saturated heterocycles. The number of hydrogen-bond acceptors (Lipinski definition) is 6. The van der Waals surface area contributed by atoms with Crippen molar-refractivity contribution in [3.8, 4) is 5.75 Å². The molecule has 5 atom stereocenters. The van der Waals surface area contributed by atoms with Gasteiger partial charge in [0.1, 0.15) is 5.75 Å². The lowest BCUT2D eigenvalue weighted by molar-refractivity contribution is -0.149. The zero-order chi connectivity index (χ0) is 33.8. The van der Waals surface area contributed by atoms with E-state index in [1.807, 2.05) is 53.4 Å². The third-order valence-electron chi connectivity index (χ3n) is 11.5. The monoisotopic (exact) mass is 667 g/mol. The van der Waals surface area contributed by atoms with Gasteiger partial charge in [0, 0.05) is 42.4 Å². The van der Waals surface area contributed by atoms with E-state index in [0.29, 0.717) is 31.6 Å². The number of rotatable bonds is 7. The number of nitrogens with zero attached hydrogens (tertiary/aromatic N) is 2. The minimum absolute atomic E-state index is 0.0869. The molecule has 4 aliphatic rings. The molecule has 0 aromatic heterocycles. The number of hydrogen-bond donors (Lipinski definition) is 2. The first-order valence-electron chi connectivity index (χ1n) is 17.1. The van der Waals surface area contributed by atoms with Crippen LogP contribution in [0.2, 0.25) is 18.6 Å². The molecule has 3 amide bonds. The van der Waals surface area contributed by atoms with Gasteiger partial charge in [-0.05, 0) is 66.3 Å². The Labute approximate surface area is 283 Å². The van der Waals surface area contributed by atoms with Gasteiger partial charge >= 0.3 is 0 Å². The van der Waals surface area contributed by atoms with E-state index in [1.54, 1.807) is 12.0 Å². The summed E-state index contributed by atoms with van der Waals surface area (Å²) in [5.41, 5.74) is 2.99. The minimum atomic E-state index is -2.45. The van der Waals surface area contributed by atoms with Gasteiger partial charge < -0.3 is 29.7 Å². The number of aliphatic hydroxyl groups is 1. The number of methoxy groups -OCH3 is 1. The van der Waals surface area contributed by atoms with Gasteiger partial charge in [-0.3, -0.25) is 14.4 Å². The second-order valence-electron chi connectivity index (χ2n) is 14.4. The van der Waals surface area contributed by atoms with E-state index >= 15 is 0 Å². The molecule has 0 unspecified atom stereocenters. The fourth-order valence-electron chi connectivity index (χ4n) is 8.90. The van der Waals surface area contributed by atoms with Crippen LogP contribution in [0.3, 0.4) is 0 Å². The zero-order valence-electron chi connectivity index (χ0n) is 28.2. The van der Waals surface area contributed by atoms with E-state index in [9.17, 15) is 19.5 Å². The molecule has 2 fully saturated rings. The van der Waals surface area contributed by atoms with E-state index in [4.69, 9.17) is 9.47 Å². The predicted octanol–water partition coefficient (Wildman–Crippen LogP) is 4.72. The van der Waals surface area contributed by atoms with Gasteiger partial charge in [-0.15, -0.1) is 0 Å². The number of piperidine rings is 1. The van der Waals surface area contributed by atoms with E-state index in [2.05, 4.69) is 43.5 Å². The Morgan fingerprint density at radius 2 is 1.81 bits per heavy atom. The van der Waals surface area contributed by atoms with Gasteiger partial charge in [0.15, 0.2) is 5.60 Å². The summed E-state index contributed by atoms with van der Waals surface area (Å²) in [7, 11) is -0.805. The van der Waals surface area contributed by atoms with Gasteiger partial charge in [-0.2, -0.15) is 0 Å². The molecule has 4 aliphatic heterocycles. The van der Waals surface area contributed by atoms with Crippen LogP contribution in [0.1, 0.15) is 49.3 Å². The average Bonchev–Trinajstić information content (AvgIpc) is 3.55. The van der Waals surface area contributed by atoms with Crippen molar-refractivity contribution in [3.05, 3.63) is 83.4 Å². The number of anilines is 2. The molecule has 0 saturated carbocycles. The van der Waals surface area contributed by atoms with Crippen molar-refractivity contribution in [1.82, 2.24) is 4.90 Å². The summed E-state index contributed by atoms with van der Waals surface area (Å²) in [6, 6.07) is 21.6. The summed E-state index contributed by atoms with van der Waals surface area (Å²) < 4.78 is 12.5. The number of amides is 3. The molecular weight excluding hydrogens is 623 g/mol. The summed E-state index contributed by atoms with van der Waals surface area (Å²) in [6.45, 7) is 7.61. The summed E-state index contributed by atoms with van der Waals surface area (Å²) >= 11 is 0. The molecule has 10 heteroatoms. The first-order valence-corrected chi connectivity index (χ1v) is 20.2. The first kappa shape index (κ1) is 32.5. The lowest BCUT2D eigenvalue weighted by Crippen LogP contribution is -2.52. The second-order valence-corrected chi connectivity index (χ2v) is 19.1. The van der Waals surface area contributed by atoms with Crippen LogP contribution in [0.15, 0.2) is 66.7 Å². The molecule has 1 spiro atoms. The summed E-state index contributed by atoms with van der Waals surface area (Å²) in [5.74, 6) is 0.263. The van der Waals surface area contributed by atoms with Crippen LogP contribution < -0.4 is 20.1 Å². The number of carbonyl (C=O) groups excluding carboxylic acids is 3. The van der Waals surface area contributed by atoms with E-state index < -0.39 is 19.8 Å². The van der Waals surface area contributed by atoms with Crippen molar-refractivity contribution < 1.29 is 29.0 Å². The van der Waals surface area contributed by atoms with Gasteiger partial charge in [0.25, 0.3) is 5.91 Å². The smallest absolute Gasteiger partial charge is 0.261 e. The molecule has 3 aromatic rings. The first-order chi connectivity index (χ1) is 23.1. The SMILES string of the molecule is COc1ccc([Si](C)(C)[C@H]2[C@H](CC(=O)N3Cc4ccccc4C[C@H]3CO)O[C@@]3(C(=O)Nc4ccc(N5CCCCC5=O)cc43)[C@@H]2C)cc1. The maximum Gasteiger partial charge on any atom is 0.261 e. The van der Waals surface area contributed by atoms with Crippen molar-refractivity contribution in [2.24, 2.45) is 5.92 Å². The Hall–Kier alpha value is -3.99. The Morgan fingerprint density at radius 3 is 2.52 bits per heavy atom. The maximum atomic E-state index is 14.3. The van der Waals surface area contributed by atoms with Crippen LogP contribution in [0.4, 0.5) is 11.4 Å². The van der Waals surface area contributed by atoms with Gasteiger partial charge in [0.2, 0.25) is 11.8 Å². The maximum absolute atomic E-state index is 14.3. The largest absolute Gasteiger partial charge is 0.497 e. The van der Waals surface area contributed by atoms with Gasteiger partial charge in [0.05, 0.1) is 40.4 Å². The Morgan fingerprint density at radius 1 is 1.06 bits per heavy atom. The molecule has 0 bridgehead atoms. The Kier molecular flexibility index (Phi) is 8.46. The second kappa shape index (κ2) is 12.5. The molecule has 48 heavy (non-hydrogen) atoms. The molecular formula is C38H45N3O6Si. The molecule has 0 aliphatic carbocycles. The van der Waals surface area contributed by atoms with Crippen LogP contribution in [-0.2, 0) is 37.7 Å². The lowest BCUT2D eigenvalue weighted by atomic mass is 9.82. The van der Waals surface area contributed by atoms with Crippen molar-refractivity contribution in [1.29, 1.82) is 0 Å². The Bertz CT molecular complexity index is 1740. The lowest BCUT2D eigenvalue weighted by Gasteiger charge is -2.39. The fraction of sp³-hybridized carbons (Fsp3) is 0.447. The molecule has 252 valence electrons. The summed E-state index contributed by atoms with van der Waals surface area (Å²) in [6.07, 6.45) is 2.46. The van der Waals surface area contributed by atoms with Crippen LogP contribution in [0.25, 0.3) is 0 Å². The third kappa shape index (κ3) is 5.25. The number of carbonyl (C=O) groups is 3. The molecule has 0 radical (unpaired) electrons. The number of nitrogens with one attached hydrogen (secondary N) is 1. The van der Waals surface area contributed by atoms with Crippen molar-refractivity contribution >= 4 is 42.4 Å². The average molecular weight is 668 g/mol. The minimum Gasteiger partial charge on any atom is -0.497 e. The quantitative estimate of drug-likeness (QED) is 0.354. The molecule has 2 N–H and O–H groups in total. The zero-order valence-corrected chi connectivity index (χ0v) is 29.2. The number of aliphatic hydroxyl groups excluding tert-OH is 1. The van der Waals surface area contributed by atoms with Crippen molar-refractivity contribution in [3.63, 3.8) is 0 Å². The number of benzene rings is 3. The molecule has 4 heterocycles. The van der Waals surface area contributed by atoms with Crippen LogP contribution >= 0.6 is 0 Å². The predicted molar refractivity (Wildman–Crippen MR) is 187 cm³/mol. The van der Waals surface area contributed by atoms with Gasteiger partial charge in [-0.1, -0.05) is 61.6 Å². The molecule has 3 aromatic carbocycles. The topological polar surface area (TPSA) is 108 Å². The van der Waals surface area contributed by atoms with E-state index in [0.717, 1.165) is 41.0 Å². The van der Waals surface area contributed by atoms with Crippen molar-refractivity contribution in [2.45, 2.75) is 82.0 Å². The highest BCUT2D eigenvalue weighted by atomic mass is 28.3. The highest BCUT2D eigenvalue weighted by molar-refractivity contribution is 6.91. The highest BCUT2D eigenvalue weighted by Gasteiger charge is 2.65. The highest BCUT2D eigenvalue weighted by Crippen LogP contribution is 2.59. The number of fused-ring (bicyclic) bond motifs is 3. The normalized spacial score (nSPS) is 26.8. The van der Waals surface area contributed by atoms with Crippen molar-refractivity contribution in [2.75, 3.05) is 30.5 Å². The van der Waals surface area contributed by atoms with Gasteiger partial charge in [-0.25, -0.2) is 0 Å². The summed E-state index contributed by atoms with van der Waals surface area (Å²) in [5, 5.41) is 14.6. The number of ether oxygens (including phenoxy) is 2. The molecule has 9 nitrogen and oxygen atoms in total. The van der Waals surface area contributed by atoms with Crippen LogP contribution in [0, 0.1) is 5.92 Å². The third-order valence-corrected chi connectivity index (χ3v) is 15.8.